The molecule has 1 saturated heterocycles. The summed E-state index contributed by atoms with van der Waals surface area (Å²) >= 11 is 5.82. The average molecular weight is 296 g/mol. The molecule has 0 atom stereocenters. The smallest absolute Gasteiger partial charge is 0.272 e. The minimum atomic E-state index is 0.0158. The Kier molecular flexibility index (Phi) is 5.80. The summed E-state index contributed by atoms with van der Waals surface area (Å²) in [5.74, 6) is 0.612. The molecule has 1 fully saturated rings. The molecule has 4 nitrogen and oxygen atoms in total. The van der Waals surface area contributed by atoms with E-state index in [1.165, 1.54) is 6.20 Å². The van der Waals surface area contributed by atoms with Gasteiger partial charge in [-0.05, 0) is 50.4 Å². The maximum atomic E-state index is 12.5. The highest BCUT2D eigenvalue weighted by atomic mass is 35.5. The molecular formula is C15H22ClN3O. The first-order valence-electron chi connectivity index (χ1n) is 7.32. The maximum Gasteiger partial charge on any atom is 0.272 e. The number of piperidine rings is 1. The summed E-state index contributed by atoms with van der Waals surface area (Å²) in [6, 6.07) is 3.42. The summed E-state index contributed by atoms with van der Waals surface area (Å²) in [5, 5.41) is 3.91. The second kappa shape index (κ2) is 7.60. The third-order valence-electron chi connectivity index (χ3n) is 3.66. The predicted octanol–water partition coefficient (Wildman–Crippen LogP) is 2.59. The standard InChI is InChI=1S/C15H22ClN3O/c1-2-9-19(11-12-5-7-17-8-6-12)15(20)14-4-3-13(16)10-18-14/h3-4,10,12,17H,2,5-9,11H2,1H3. The molecule has 0 spiro atoms. The Balaban J connectivity index is 2.02. The molecule has 1 aliphatic rings. The molecule has 2 rings (SSSR count). The van der Waals surface area contributed by atoms with Crippen molar-refractivity contribution in [1.29, 1.82) is 0 Å². The summed E-state index contributed by atoms with van der Waals surface area (Å²) in [4.78, 5) is 18.6. The van der Waals surface area contributed by atoms with Crippen LogP contribution < -0.4 is 5.32 Å². The highest BCUT2D eigenvalue weighted by Crippen LogP contribution is 2.16. The van der Waals surface area contributed by atoms with Crippen LogP contribution in [0, 0.1) is 5.92 Å². The molecule has 2 heterocycles. The van der Waals surface area contributed by atoms with Crippen LogP contribution in [0.4, 0.5) is 0 Å². The number of carbonyl (C=O) groups excluding carboxylic acids is 1. The fourth-order valence-electron chi connectivity index (χ4n) is 2.59. The number of halogens is 1. The Hall–Kier alpha value is -1.13. The molecule has 1 aliphatic heterocycles. The third kappa shape index (κ3) is 4.18. The van der Waals surface area contributed by atoms with Crippen molar-refractivity contribution in [3.63, 3.8) is 0 Å². The lowest BCUT2D eigenvalue weighted by molar-refractivity contribution is 0.0710. The highest BCUT2D eigenvalue weighted by Gasteiger charge is 2.21. The molecule has 110 valence electrons. The van der Waals surface area contributed by atoms with E-state index in [4.69, 9.17) is 11.6 Å². The van der Waals surface area contributed by atoms with Gasteiger partial charge in [-0.1, -0.05) is 18.5 Å². The molecule has 1 aromatic rings. The molecule has 0 unspecified atom stereocenters. The predicted molar refractivity (Wildman–Crippen MR) is 81.0 cm³/mol. The number of aromatic nitrogens is 1. The Bertz CT molecular complexity index is 429. The Morgan fingerprint density at radius 2 is 2.20 bits per heavy atom. The number of nitrogens with zero attached hydrogens (tertiary/aromatic N) is 2. The molecule has 5 heteroatoms. The highest BCUT2D eigenvalue weighted by molar-refractivity contribution is 6.30. The number of pyridine rings is 1. The van der Waals surface area contributed by atoms with Gasteiger partial charge >= 0.3 is 0 Å². The number of hydrogen-bond acceptors (Lipinski definition) is 3. The van der Waals surface area contributed by atoms with E-state index in [2.05, 4.69) is 17.2 Å². The summed E-state index contributed by atoms with van der Waals surface area (Å²) in [6.45, 7) is 5.82. The molecule has 0 bridgehead atoms. The van der Waals surface area contributed by atoms with Crippen molar-refractivity contribution < 1.29 is 4.79 Å². The topological polar surface area (TPSA) is 45.2 Å². The van der Waals surface area contributed by atoms with Crippen LogP contribution >= 0.6 is 11.6 Å². The van der Waals surface area contributed by atoms with Crippen molar-refractivity contribution in [3.8, 4) is 0 Å². The van der Waals surface area contributed by atoms with Gasteiger partial charge < -0.3 is 10.2 Å². The van der Waals surface area contributed by atoms with Crippen molar-refractivity contribution in [1.82, 2.24) is 15.2 Å². The monoisotopic (exact) mass is 295 g/mol. The number of nitrogens with one attached hydrogen (secondary N) is 1. The lowest BCUT2D eigenvalue weighted by Gasteiger charge is -2.29. The van der Waals surface area contributed by atoms with Crippen LogP contribution in [0.5, 0.6) is 0 Å². The van der Waals surface area contributed by atoms with Crippen LogP contribution in [0.15, 0.2) is 18.3 Å². The number of amides is 1. The zero-order chi connectivity index (χ0) is 14.4. The van der Waals surface area contributed by atoms with E-state index < -0.39 is 0 Å². The van der Waals surface area contributed by atoms with Gasteiger partial charge in [0.05, 0.1) is 5.02 Å². The quantitative estimate of drug-likeness (QED) is 0.908. The van der Waals surface area contributed by atoms with Gasteiger partial charge in [-0.25, -0.2) is 4.98 Å². The molecule has 1 amide bonds. The first-order chi connectivity index (χ1) is 9.70. The lowest BCUT2D eigenvalue weighted by atomic mass is 9.97. The first kappa shape index (κ1) is 15.3. The minimum Gasteiger partial charge on any atom is -0.337 e. The second-order valence-electron chi connectivity index (χ2n) is 5.31. The van der Waals surface area contributed by atoms with Gasteiger partial charge in [0.1, 0.15) is 5.69 Å². The molecule has 1 aromatic heterocycles. The third-order valence-corrected chi connectivity index (χ3v) is 3.89. The lowest BCUT2D eigenvalue weighted by Crippen LogP contribution is -2.40. The summed E-state index contributed by atoms with van der Waals surface area (Å²) in [5.41, 5.74) is 0.483. The molecule has 0 saturated carbocycles. The van der Waals surface area contributed by atoms with Crippen molar-refractivity contribution in [3.05, 3.63) is 29.0 Å². The molecule has 20 heavy (non-hydrogen) atoms. The largest absolute Gasteiger partial charge is 0.337 e. The van der Waals surface area contributed by atoms with Crippen LogP contribution in [0.25, 0.3) is 0 Å². The van der Waals surface area contributed by atoms with Gasteiger partial charge in [0.15, 0.2) is 0 Å². The van der Waals surface area contributed by atoms with E-state index in [0.29, 0.717) is 16.6 Å². The van der Waals surface area contributed by atoms with Crippen LogP contribution in [0.3, 0.4) is 0 Å². The fourth-order valence-corrected chi connectivity index (χ4v) is 2.70. The summed E-state index contributed by atoms with van der Waals surface area (Å²) in [7, 11) is 0. The Labute approximate surface area is 125 Å². The zero-order valence-electron chi connectivity index (χ0n) is 11.9. The number of carbonyl (C=O) groups is 1. The van der Waals surface area contributed by atoms with Gasteiger partial charge in [-0.3, -0.25) is 4.79 Å². The van der Waals surface area contributed by atoms with Gasteiger partial charge in [-0.2, -0.15) is 0 Å². The van der Waals surface area contributed by atoms with Crippen LogP contribution in [0.2, 0.25) is 5.02 Å². The van der Waals surface area contributed by atoms with Crippen molar-refractivity contribution in [2.24, 2.45) is 5.92 Å². The van der Waals surface area contributed by atoms with Crippen LogP contribution in [-0.4, -0.2) is 42.0 Å². The van der Waals surface area contributed by atoms with Crippen molar-refractivity contribution in [2.45, 2.75) is 26.2 Å². The van der Waals surface area contributed by atoms with Crippen molar-refractivity contribution >= 4 is 17.5 Å². The van der Waals surface area contributed by atoms with Crippen LogP contribution in [0.1, 0.15) is 36.7 Å². The van der Waals surface area contributed by atoms with E-state index >= 15 is 0 Å². The molecule has 1 N–H and O–H groups in total. The average Bonchev–Trinajstić information content (AvgIpc) is 2.48. The van der Waals surface area contributed by atoms with Crippen LogP contribution in [-0.2, 0) is 0 Å². The summed E-state index contributed by atoms with van der Waals surface area (Å²) < 4.78 is 0. The van der Waals surface area contributed by atoms with Gasteiger partial charge in [0, 0.05) is 19.3 Å². The molecule has 0 aliphatic carbocycles. The maximum absolute atomic E-state index is 12.5. The van der Waals surface area contributed by atoms with E-state index in [-0.39, 0.29) is 5.91 Å². The SMILES string of the molecule is CCCN(CC1CCNCC1)C(=O)c1ccc(Cl)cn1. The van der Waals surface area contributed by atoms with E-state index in [9.17, 15) is 4.79 Å². The first-order valence-corrected chi connectivity index (χ1v) is 7.70. The summed E-state index contributed by atoms with van der Waals surface area (Å²) in [6.07, 6.45) is 4.77. The Morgan fingerprint density at radius 1 is 1.45 bits per heavy atom. The normalized spacial score (nSPS) is 16.1. The fraction of sp³-hybridized carbons (Fsp3) is 0.600. The number of hydrogen-bond donors (Lipinski definition) is 1. The van der Waals surface area contributed by atoms with Gasteiger partial charge in [0.25, 0.3) is 5.91 Å². The van der Waals surface area contributed by atoms with Gasteiger partial charge in [-0.15, -0.1) is 0 Å². The molecular weight excluding hydrogens is 274 g/mol. The Morgan fingerprint density at radius 3 is 2.80 bits per heavy atom. The number of rotatable bonds is 5. The minimum absolute atomic E-state index is 0.0158. The van der Waals surface area contributed by atoms with E-state index in [1.54, 1.807) is 12.1 Å². The second-order valence-corrected chi connectivity index (χ2v) is 5.74. The van der Waals surface area contributed by atoms with E-state index in [0.717, 1.165) is 45.4 Å². The zero-order valence-corrected chi connectivity index (χ0v) is 12.7. The molecule has 0 aromatic carbocycles. The molecule has 0 radical (unpaired) electrons. The van der Waals surface area contributed by atoms with Gasteiger partial charge in [0.2, 0.25) is 0 Å². The van der Waals surface area contributed by atoms with Crippen molar-refractivity contribution in [2.75, 3.05) is 26.2 Å². The van der Waals surface area contributed by atoms with E-state index in [1.807, 2.05) is 4.90 Å².